The normalized spacial score (nSPS) is 10.8. The number of nitrogens with one attached hydrogen (secondary N) is 4. The Kier molecular flexibility index (Phi) is 23.9. The van der Waals surface area contributed by atoms with Gasteiger partial charge in [-0.3, -0.25) is 28.2 Å². The molecular formula is C50H66N16O11S2. The largest absolute Gasteiger partial charge is 0.480 e. The number of sulfone groups is 1. The predicted octanol–water partition coefficient (Wildman–Crippen LogP) is 3.08. The van der Waals surface area contributed by atoms with Crippen molar-refractivity contribution in [2.75, 3.05) is 67.2 Å². The summed E-state index contributed by atoms with van der Waals surface area (Å²) in [6, 6.07) is 17.3. The number of nitrogens with zero attached hydrogens (tertiary/aromatic N) is 6. The maximum atomic E-state index is 12.1. The molecule has 3 aromatic carbocycles. The number of anilines is 7. The van der Waals surface area contributed by atoms with Gasteiger partial charge in [0, 0.05) is 22.8 Å². The van der Waals surface area contributed by atoms with Crippen molar-refractivity contribution in [1.82, 2.24) is 29.9 Å². The summed E-state index contributed by atoms with van der Waals surface area (Å²) in [5.74, 6) is -2.99. The van der Waals surface area contributed by atoms with Gasteiger partial charge < -0.3 is 69.9 Å². The van der Waals surface area contributed by atoms with Gasteiger partial charge in [0.2, 0.25) is 50.4 Å². The van der Waals surface area contributed by atoms with Gasteiger partial charge in [0.25, 0.3) is 22.9 Å². The molecule has 1 atom stereocenters. The molecule has 424 valence electrons. The van der Waals surface area contributed by atoms with E-state index in [-0.39, 0.29) is 81.7 Å². The highest BCUT2D eigenvalue weighted by atomic mass is 32.2. The molecule has 5 amide bonds. The van der Waals surface area contributed by atoms with Gasteiger partial charge in [0.05, 0.1) is 51.0 Å². The van der Waals surface area contributed by atoms with Gasteiger partial charge in [-0.2, -0.15) is 24.9 Å². The van der Waals surface area contributed by atoms with Crippen LogP contribution in [0, 0.1) is 41.5 Å². The molecule has 0 aliphatic carbocycles. The van der Waals surface area contributed by atoms with Crippen LogP contribution < -0.4 is 69.9 Å². The standard InChI is InChI=1S/C16H20N6O3.C16H20N4O4S.C16H20N4O3S.C2H6N2O/c1-8-4-9(2)6-10(5-8)20-14-12(13(18)24)15(25-3)22-16(21-14)19-7-11(17)23;1-5-25(22,23)16-19-14(12(13(17)21)15(20-16)24-4)18-11-7-9(2)6-10(3)8-11;1-5-24(22)16-19-14(12(13(17)21)15(20-16)23-4)18-11-7-9(2)6-10(3)8-11;3-1-2(4)5/h4-6H,7H2,1-3H3,(H2,17,23)(H2,18,24)(H2,19,20,21,22);6-8H,5H2,1-4H3,(H2,17,21)(H,18,19,20);6-8H,5H2,1-4H3,(H2,17,21)(H,18,19,20);1,3H2,(H2,4,5). The molecule has 0 spiro atoms. The number of methoxy groups -OCH3 is 3. The topological polar surface area (TPSA) is 446 Å². The molecule has 6 aromatic rings. The summed E-state index contributed by atoms with van der Waals surface area (Å²) in [5.41, 5.74) is 38.8. The van der Waals surface area contributed by atoms with E-state index in [0.29, 0.717) is 11.4 Å². The highest BCUT2D eigenvalue weighted by Gasteiger charge is 2.26. The lowest BCUT2D eigenvalue weighted by Crippen LogP contribution is -2.24. The van der Waals surface area contributed by atoms with Crippen LogP contribution >= 0.6 is 0 Å². The first-order chi connectivity index (χ1) is 37.1. The second-order valence-corrected chi connectivity index (χ2v) is 20.7. The zero-order valence-electron chi connectivity index (χ0n) is 45.5. The molecule has 16 N–H and O–H groups in total. The minimum Gasteiger partial charge on any atom is -0.480 e. The molecule has 6 rings (SSSR count). The molecule has 3 aromatic heterocycles. The average molecular weight is 1130 g/mol. The van der Waals surface area contributed by atoms with Crippen LogP contribution in [0.1, 0.15) is 78.3 Å². The Hall–Kier alpha value is -9.09. The van der Waals surface area contributed by atoms with Crippen LogP contribution in [-0.2, 0) is 30.2 Å². The van der Waals surface area contributed by atoms with Gasteiger partial charge >= 0.3 is 0 Å². The lowest BCUT2D eigenvalue weighted by atomic mass is 10.1. The Balaban J connectivity index is 0.000000298. The number of ether oxygens (including phenoxy) is 3. The Morgan fingerprint density at radius 2 is 0.861 bits per heavy atom. The lowest BCUT2D eigenvalue weighted by Gasteiger charge is -2.14. The second-order valence-electron chi connectivity index (χ2n) is 16.9. The van der Waals surface area contributed by atoms with Gasteiger partial charge in [0.15, 0.2) is 17.5 Å². The van der Waals surface area contributed by atoms with E-state index in [4.69, 9.17) is 42.9 Å². The molecule has 0 fully saturated rings. The van der Waals surface area contributed by atoms with Crippen LogP contribution in [0.5, 0.6) is 17.6 Å². The third-order valence-corrected chi connectivity index (χ3v) is 12.7. The number of aryl methyl sites for hydroxylation is 6. The highest BCUT2D eigenvalue weighted by Crippen LogP contribution is 2.31. The Morgan fingerprint density at radius 3 is 1.18 bits per heavy atom. The quantitative estimate of drug-likeness (QED) is 0.0491. The van der Waals surface area contributed by atoms with E-state index in [1.165, 1.54) is 28.3 Å². The van der Waals surface area contributed by atoms with Crippen LogP contribution in [0.3, 0.4) is 0 Å². The molecule has 79 heavy (non-hydrogen) atoms. The summed E-state index contributed by atoms with van der Waals surface area (Å²) in [4.78, 5) is 80.2. The number of primary amides is 5. The van der Waals surface area contributed by atoms with Crippen molar-refractivity contribution in [2.45, 2.75) is 65.7 Å². The molecule has 0 saturated carbocycles. The number of rotatable bonds is 20. The van der Waals surface area contributed by atoms with Crippen molar-refractivity contribution in [2.24, 2.45) is 34.4 Å². The summed E-state index contributed by atoms with van der Waals surface area (Å²) in [7, 11) is -1.09. The summed E-state index contributed by atoms with van der Waals surface area (Å²) in [6.45, 7) is 14.7. The number of amides is 5. The third-order valence-electron chi connectivity index (χ3n) is 10.1. The van der Waals surface area contributed by atoms with Gasteiger partial charge in [-0.1, -0.05) is 32.0 Å². The van der Waals surface area contributed by atoms with E-state index in [9.17, 15) is 36.6 Å². The summed E-state index contributed by atoms with van der Waals surface area (Å²) < 4.78 is 51.7. The number of carbonyl (C=O) groups is 5. The molecule has 0 bridgehead atoms. The van der Waals surface area contributed by atoms with Gasteiger partial charge in [-0.25, -0.2) is 13.4 Å². The van der Waals surface area contributed by atoms with Crippen LogP contribution in [0.15, 0.2) is 64.9 Å². The molecule has 0 saturated heterocycles. The SMILES string of the molecule is CCS(=O)(=O)c1nc(Nc2cc(C)cc(C)c2)c(C(N)=O)c(OC)n1.CCS(=O)c1nc(Nc2cc(C)cc(C)c2)c(C(N)=O)c(OC)n1.COc1nc(NCC(N)=O)nc(Nc2cc(C)cc(C)c2)c1C(N)=O.NCC(N)=O. The fraction of sp³-hybridized carbons (Fsp3) is 0.300. The van der Waals surface area contributed by atoms with Crippen molar-refractivity contribution < 1.29 is 50.8 Å². The minimum absolute atomic E-state index is 0.00109. The average Bonchev–Trinajstić information content (AvgIpc) is 3.45. The molecule has 27 nitrogen and oxygen atoms in total. The van der Waals surface area contributed by atoms with Gasteiger partial charge in [0.1, 0.15) is 16.7 Å². The second kappa shape index (κ2) is 29.4. The van der Waals surface area contributed by atoms with Crippen molar-refractivity contribution in [3.05, 3.63) is 105 Å². The van der Waals surface area contributed by atoms with Crippen molar-refractivity contribution in [3.63, 3.8) is 0 Å². The van der Waals surface area contributed by atoms with Gasteiger partial charge in [-0.15, -0.1) is 0 Å². The van der Waals surface area contributed by atoms with Gasteiger partial charge in [-0.05, 0) is 111 Å². The summed E-state index contributed by atoms with van der Waals surface area (Å²) >= 11 is 0. The summed E-state index contributed by atoms with van der Waals surface area (Å²) in [5, 5.41) is 11.4. The third kappa shape index (κ3) is 19.2. The number of hydrogen-bond acceptors (Lipinski definition) is 22. The Labute approximate surface area is 459 Å². The van der Waals surface area contributed by atoms with Crippen molar-refractivity contribution >= 4 is 90.6 Å². The van der Waals surface area contributed by atoms with Crippen molar-refractivity contribution in [1.29, 1.82) is 0 Å². The monoisotopic (exact) mass is 1130 g/mol. The molecular weight excluding hydrogens is 1060 g/mol. The number of nitrogens with two attached hydrogens (primary N) is 6. The van der Waals surface area contributed by atoms with E-state index in [0.717, 1.165) is 44.8 Å². The Morgan fingerprint density at radius 1 is 0.519 bits per heavy atom. The fourth-order valence-electron chi connectivity index (χ4n) is 6.96. The van der Waals surface area contributed by atoms with Crippen LogP contribution in [0.25, 0.3) is 0 Å². The first kappa shape index (κ1) is 64.2. The zero-order chi connectivity index (χ0) is 59.5. The number of hydrogen-bond donors (Lipinski definition) is 10. The van der Waals surface area contributed by atoms with Crippen LogP contribution in [0.2, 0.25) is 0 Å². The van der Waals surface area contributed by atoms with E-state index in [1.807, 2.05) is 96.1 Å². The highest BCUT2D eigenvalue weighted by molar-refractivity contribution is 7.91. The lowest BCUT2D eigenvalue weighted by molar-refractivity contribution is -0.117. The maximum absolute atomic E-state index is 12.1. The number of carbonyl (C=O) groups excluding carboxylic acids is 5. The molecule has 0 aliphatic rings. The van der Waals surface area contributed by atoms with E-state index >= 15 is 0 Å². The maximum Gasteiger partial charge on any atom is 0.258 e. The van der Waals surface area contributed by atoms with Crippen LogP contribution in [0.4, 0.5) is 40.5 Å². The molecule has 0 radical (unpaired) electrons. The molecule has 1 unspecified atom stereocenters. The smallest absolute Gasteiger partial charge is 0.258 e. The Bertz CT molecular complexity index is 3300. The zero-order valence-corrected chi connectivity index (χ0v) is 47.1. The van der Waals surface area contributed by atoms with E-state index in [1.54, 1.807) is 6.92 Å². The summed E-state index contributed by atoms with van der Waals surface area (Å²) in [6.07, 6.45) is 0. The van der Waals surface area contributed by atoms with Crippen LogP contribution in [-0.4, -0.2) is 118 Å². The number of benzene rings is 3. The minimum atomic E-state index is -3.70. The first-order valence-electron chi connectivity index (χ1n) is 23.5. The van der Waals surface area contributed by atoms with Crippen molar-refractivity contribution in [3.8, 4) is 17.6 Å². The van der Waals surface area contributed by atoms with E-state index < -0.39 is 55.3 Å². The number of aromatic nitrogens is 6. The van der Waals surface area contributed by atoms with E-state index in [2.05, 4.69) is 56.9 Å². The molecule has 0 aliphatic heterocycles. The molecule has 3 heterocycles. The predicted molar refractivity (Wildman–Crippen MR) is 300 cm³/mol. The first-order valence-corrected chi connectivity index (χ1v) is 26.5. The molecule has 29 heteroatoms. The fourth-order valence-corrected chi connectivity index (χ4v) is 8.30.